The molecule has 0 unspecified atom stereocenters. The summed E-state index contributed by atoms with van der Waals surface area (Å²) in [7, 11) is 0. The number of aliphatic imine (C=N–C) groups is 2. The second-order valence-corrected chi connectivity index (χ2v) is 2.69. The molecule has 0 bridgehead atoms. The Morgan fingerprint density at radius 1 is 1.60 bits per heavy atom. The summed E-state index contributed by atoms with van der Waals surface area (Å²) in [5.74, 6) is 0.0115. The standard InChI is InChI=1S/C6H6N2O.Au/c1-2-3-5-6(9)8-4-7-5;/h2H,1,3H2,(H,8,9);. The molecule has 1 N–H and O–H groups in total. The van der Waals surface area contributed by atoms with Gasteiger partial charge in [-0.3, -0.25) is 0 Å². The maximum absolute atomic E-state index is 9.03. The fourth-order valence-electron chi connectivity index (χ4n) is 0.594. The van der Waals surface area contributed by atoms with Gasteiger partial charge in [0, 0.05) is 0 Å². The molecule has 0 aliphatic carbocycles. The van der Waals surface area contributed by atoms with Crippen molar-refractivity contribution in [3.05, 3.63) is 12.7 Å². The minimum absolute atomic E-state index is 0.0115. The Bertz CT molecular complexity index is 242. The van der Waals surface area contributed by atoms with Gasteiger partial charge in [-0.05, 0) is 0 Å². The first-order chi connectivity index (χ1) is 4.74. The summed E-state index contributed by atoms with van der Waals surface area (Å²) >= 11 is 2.13. The van der Waals surface area contributed by atoms with Gasteiger partial charge in [0.05, 0.1) is 0 Å². The van der Waals surface area contributed by atoms with Crippen molar-refractivity contribution in [2.24, 2.45) is 9.98 Å². The van der Waals surface area contributed by atoms with Gasteiger partial charge in [0.15, 0.2) is 0 Å². The van der Waals surface area contributed by atoms with Gasteiger partial charge < -0.3 is 0 Å². The van der Waals surface area contributed by atoms with Crippen molar-refractivity contribution >= 4 is 15.6 Å². The van der Waals surface area contributed by atoms with Gasteiger partial charge in [0.25, 0.3) is 0 Å². The summed E-state index contributed by atoms with van der Waals surface area (Å²) in [4.78, 5) is 7.64. The number of allylic oxidation sites excluding steroid dienone is 1. The SMILES string of the molecule is C=CCC1=N[C](=[Au])N=C1O. The van der Waals surface area contributed by atoms with Crippen molar-refractivity contribution in [2.75, 3.05) is 0 Å². The van der Waals surface area contributed by atoms with E-state index in [1.54, 1.807) is 6.08 Å². The third-order valence-electron chi connectivity index (χ3n) is 1.00. The molecule has 0 amide bonds. The quantitative estimate of drug-likeness (QED) is 0.588. The fraction of sp³-hybridized carbons (Fsp3) is 0.167. The van der Waals surface area contributed by atoms with Gasteiger partial charge in [0.2, 0.25) is 0 Å². The average molecular weight is 319 g/mol. The predicted octanol–water partition coefficient (Wildman–Crippen LogP) is 0.608. The zero-order valence-corrected chi connectivity index (χ0v) is 7.30. The molecule has 0 aromatic rings. The van der Waals surface area contributed by atoms with Crippen LogP contribution in [0.1, 0.15) is 6.42 Å². The third kappa shape index (κ3) is 1.50. The van der Waals surface area contributed by atoms with Crippen molar-refractivity contribution in [1.29, 1.82) is 0 Å². The predicted molar refractivity (Wildman–Crippen MR) is 37.3 cm³/mol. The summed E-state index contributed by atoms with van der Waals surface area (Å²) < 4.78 is 0.550. The zero-order valence-electron chi connectivity index (χ0n) is 5.13. The van der Waals surface area contributed by atoms with Gasteiger partial charge in [-0.1, -0.05) is 0 Å². The molecule has 0 aromatic carbocycles. The van der Waals surface area contributed by atoms with E-state index in [9.17, 15) is 0 Å². The van der Waals surface area contributed by atoms with E-state index >= 15 is 0 Å². The summed E-state index contributed by atoms with van der Waals surface area (Å²) in [5.41, 5.74) is 0.590. The van der Waals surface area contributed by atoms with Crippen LogP contribution in [0.25, 0.3) is 0 Å². The molecular formula is C6H6AuN2O. The first-order valence-corrected chi connectivity index (χ1v) is 3.77. The van der Waals surface area contributed by atoms with E-state index in [4.69, 9.17) is 5.11 Å². The van der Waals surface area contributed by atoms with Crippen LogP contribution >= 0.6 is 0 Å². The van der Waals surface area contributed by atoms with E-state index in [0.29, 0.717) is 16.1 Å². The molecule has 4 heteroatoms. The topological polar surface area (TPSA) is 45.0 Å². The van der Waals surface area contributed by atoms with Crippen LogP contribution in [-0.4, -0.2) is 20.7 Å². The van der Waals surface area contributed by atoms with E-state index < -0.39 is 0 Å². The summed E-state index contributed by atoms with van der Waals surface area (Å²) in [6.07, 6.45) is 2.24. The molecule has 1 rings (SSSR count). The van der Waals surface area contributed by atoms with Crippen LogP contribution in [0.3, 0.4) is 0 Å². The molecule has 0 atom stereocenters. The molecule has 1 aliphatic rings. The Labute approximate surface area is 70.6 Å². The Balaban J connectivity index is 2.79. The first-order valence-electron chi connectivity index (χ1n) is 2.69. The van der Waals surface area contributed by atoms with Crippen LogP contribution in [0, 0.1) is 0 Å². The van der Waals surface area contributed by atoms with E-state index in [1.165, 1.54) is 0 Å². The van der Waals surface area contributed by atoms with Crippen molar-refractivity contribution in [1.82, 2.24) is 0 Å². The van der Waals surface area contributed by atoms with E-state index in [1.807, 2.05) is 0 Å². The normalized spacial score (nSPS) is 16.8. The minimum atomic E-state index is 0.0115. The van der Waals surface area contributed by atoms with Gasteiger partial charge in [-0.25, -0.2) is 0 Å². The summed E-state index contributed by atoms with van der Waals surface area (Å²) in [6, 6.07) is 0. The van der Waals surface area contributed by atoms with Crippen LogP contribution in [0.4, 0.5) is 0 Å². The summed E-state index contributed by atoms with van der Waals surface area (Å²) in [5, 5.41) is 9.03. The second-order valence-electron chi connectivity index (χ2n) is 1.72. The van der Waals surface area contributed by atoms with Crippen LogP contribution in [0.2, 0.25) is 0 Å². The number of hydrogen-bond acceptors (Lipinski definition) is 2. The Morgan fingerprint density at radius 3 is 2.70 bits per heavy atom. The Morgan fingerprint density at radius 2 is 2.30 bits per heavy atom. The number of nitrogens with zero attached hydrogens (tertiary/aromatic N) is 2. The molecule has 0 aromatic heterocycles. The summed E-state index contributed by atoms with van der Waals surface area (Å²) in [6.45, 7) is 3.52. The third-order valence-corrected chi connectivity index (χ3v) is 1.49. The van der Waals surface area contributed by atoms with Crippen LogP contribution in [0.5, 0.6) is 0 Å². The van der Waals surface area contributed by atoms with Gasteiger partial charge >= 0.3 is 70.3 Å². The first kappa shape index (κ1) is 7.60. The number of hydrogen-bond donors (Lipinski definition) is 1. The molecule has 10 heavy (non-hydrogen) atoms. The molecule has 0 fully saturated rings. The fourth-order valence-corrected chi connectivity index (χ4v) is 1.12. The maximum atomic E-state index is 9.03. The molecule has 0 spiro atoms. The second kappa shape index (κ2) is 3.05. The van der Waals surface area contributed by atoms with Crippen molar-refractivity contribution in [3.8, 4) is 0 Å². The van der Waals surface area contributed by atoms with Gasteiger partial charge in [-0.2, -0.15) is 0 Å². The Hall–Kier alpha value is -0.510. The molecule has 0 radical (unpaired) electrons. The molecular weight excluding hydrogens is 313 g/mol. The van der Waals surface area contributed by atoms with Crippen molar-refractivity contribution < 1.29 is 25.7 Å². The van der Waals surface area contributed by atoms with Crippen LogP contribution < -0.4 is 0 Å². The molecule has 1 heterocycles. The van der Waals surface area contributed by atoms with Gasteiger partial charge in [-0.15, -0.1) is 0 Å². The van der Waals surface area contributed by atoms with E-state index in [2.05, 4.69) is 37.2 Å². The monoisotopic (exact) mass is 319 g/mol. The number of aliphatic hydroxyl groups is 1. The van der Waals surface area contributed by atoms with E-state index in [0.717, 1.165) is 0 Å². The molecule has 1 aliphatic heterocycles. The molecule has 57 valence electrons. The van der Waals surface area contributed by atoms with Crippen LogP contribution in [0.15, 0.2) is 22.6 Å². The van der Waals surface area contributed by atoms with Gasteiger partial charge in [0.1, 0.15) is 0 Å². The van der Waals surface area contributed by atoms with Crippen molar-refractivity contribution in [3.63, 3.8) is 0 Å². The Kier molecular flexibility index (Phi) is 2.32. The average Bonchev–Trinajstić information content (AvgIpc) is 2.13. The zero-order chi connectivity index (χ0) is 7.56. The molecule has 3 nitrogen and oxygen atoms in total. The molecule has 0 saturated heterocycles. The van der Waals surface area contributed by atoms with Crippen LogP contribution in [-0.2, 0) is 20.6 Å². The number of aliphatic hydroxyl groups excluding tert-OH is 1. The number of rotatable bonds is 2. The van der Waals surface area contributed by atoms with E-state index in [-0.39, 0.29) is 5.90 Å². The molecule has 0 saturated carbocycles. The van der Waals surface area contributed by atoms with Crippen molar-refractivity contribution in [2.45, 2.75) is 6.42 Å².